The first-order chi connectivity index (χ1) is 10.1. The maximum Gasteiger partial charge on any atom is 0.231 e. The lowest BCUT2D eigenvalue weighted by atomic mass is 9.93. The fourth-order valence-corrected chi connectivity index (χ4v) is 2.80. The van der Waals surface area contributed by atoms with Crippen LogP contribution in [0.4, 0.5) is 10.1 Å². The summed E-state index contributed by atoms with van der Waals surface area (Å²) >= 11 is 0. The average Bonchev–Trinajstić information content (AvgIpc) is 2.81. The van der Waals surface area contributed by atoms with E-state index >= 15 is 0 Å². The Kier molecular flexibility index (Phi) is 3.47. The van der Waals surface area contributed by atoms with Crippen molar-refractivity contribution in [1.82, 2.24) is 0 Å². The standard InChI is InChI=1S/C17H16FNO2/c1-2-11-13-9-10(7-8-15(13)19-17(11)21)16(20)12-5-3-4-6-14(12)18/h3-9,11,16,20H,2H2,1H3,(H,19,21). The number of rotatable bonds is 3. The minimum absolute atomic E-state index is 0.0231. The molecule has 1 heterocycles. The predicted octanol–water partition coefficient (Wildman–Crippen LogP) is 3.35. The van der Waals surface area contributed by atoms with Gasteiger partial charge in [0.25, 0.3) is 0 Å². The second-order valence-corrected chi connectivity index (χ2v) is 5.22. The maximum absolute atomic E-state index is 13.8. The zero-order valence-corrected chi connectivity index (χ0v) is 11.6. The van der Waals surface area contributed by atoms with Crippen molar-refractivity contribution in [3.05, 3.63) is 65.0 Å². The van der Waals surface area contributed by atoms with E-state index in [0.29, 0.717) is 12.0 Å². The van der Waals surface area contributed by atoms with Crippen molar-refractivity contribution >= 4 is 11.6 Å². The van der Waals surface area contributed by atoms with E-state index in [-0.39, 0.29) is 17.4 Å². The third kappa shape index (κ3) is 2.32. The molecule has 2 unspecified atom stereocenters. The molecule has 21 heavy (non-hydrogen) atoms. The topological polar surface area (TPSA) is 49.3 Å². The van der Waals surface area contributed by atoms with Gasteiger partial charge in [0, 0.05) is 11.3 Å². The molecule has 0 aliphatic carbocycles. The smallest absolute Gasteiger partial charge is 0.231 e. The summed E-state index contributed by atoms with van der Waals surface area (Å²) in [6.07, 6.45) is -0.345. The van der Waals surface area contributed by atoms with Crippen LogP contribution in [0.2, 0.25) is 0 Å². The molecule has 2 aromatic rings. The number of hydrogen-bond donors (Lipinski definition) is 2. The summed E-state index contributed by atoms with van der Waals surface area (Å²) in [5, 5.41) is 13.2. The molecule has 0 aromatic heterocycles. The lowest BCUT2D eigenvalue weighted by Crippen LogP contribution is -2.10. The number of amides is 1. The number of nitrogens with one attached hydrogen (secondary N) is 1. The molecule has 0 fully saturated rings. The number of aliphatic hydroxyl groups is 1. The number of halogens is 1. The normalized spacial score (nSPS) is 18.2. The molecule has 0 bridgehead atoms. The van der Waals surface area contributed by atoms with Crippen LogP contribution in [0.1, 0.15) is 42.1 Å². The summed E-state index contributed by atoms with van der Waals surface area (Å²) in [6.45, 7) is 1.94. The van der Waals surface area contributed by atoms with Crippen molar-refractivity contribution in [3.63, 3.8) is 0 Å². The Bertz CT molecular complexity index is 699. The highest BCUT2D eigenvalue weighted by atomic mass is 19.1. The van der Waals surface area contributed by atoms with Crippen molar-refractivity contribution in [2.24, 2.45) is 0 Å². The van der Waals surface area contributed by atoms with Crippen LogP contribution < -0.4 is 5.32 Å². The van der Waals surface area contributed by atoms with Gasteiger partial charge in [0.2, 0.25) is 5.91 Å². The van der Waals surface area contributed by atoms with Crippen LogP contribution in [0.3, 0.4) is 0 Å². The van der Waals surface area contributed by atoms with Crippen molar-refractivity contribution in [2.75, 3.05) is 5.32 Å². The summed E-state index contributed by atoms with van der Waals surface area (Å²) in [6, 6.07) is 11.4. The first kappa shape index (κ1) is 13.8. The number of anilines is 1. The van der Waals surface area contributed by atoms with Gasteiger partial charge < -0.3 is 10.4 Å². The van der Waals surface area contributed by atoms with E-state index in [2.05, 4.69) is 5.32 Å². The summed E-state index contributed by atoms with van der Waals surface area (Å²) in [5.41, 5.74) is 2.48. The van der Waals surface area contributed by atoms with Crippen LogP contribution in [0.15, 0.2) is 42.5 Å². The van der Waals surface area contributed by atoms with Crippen LogP contribution in [0.5, 0.6) is 0 Å². The van der Waals surface area contributed by atoms with Crippen molar-refractivity contribution < 1.29 is 14.3 Å². The second kappa shape index (κ2) is 5.30. The summed E-state index contributed by atoms with van der Waals surface area (Å²) in [7, 11) is 0. The second-order valence-electron chi connectivity index (χ2n) is 5.22. The molecule has 0 saturated heterocycles. The third-order valence-corrected chi connectivity index (χ3v) is 3.95. The summed E-state index contributed by atoms with van der Waals surface area (Å²) in [4.78, 5) is 11.8. The molecule has 1 amide bonds. The maximum atomic E-state index is 13.8. The SMILES string of the molecule is CCC1C(=O)Nc2ccc(C(O)c3ccccc3F)cc21. The summed E-state index contributed by atoms with van der Waals surface area (Å²) < 4.78 is 13.8. The third-order valence-electron chi connectivity index (χ3n) is 3.95. The Morgan fingerprint density at radius 3 is 2.76 bits per heavy atom. The fraction of sp³-hybridized carbons (Fsp3) is 0.235. The van der Waals surface area contributed by atoms with Gasteiger partial charge in [-0.3, -0.25) is 4.79 Å². The van der Waals surface area contributed by atoms with Gasteiger partial charge in [-0.2, -0.15) is 0 Å². The Labute approximate surface area is 122 Å². The van der Waals surface area contributed by atoms with Crippen LogP contribution >= 0.6 is 0 Å². The highest BCUT2D eigenvalue weighted by Gasteiger charge is 2.29. The Morgan fingerprint density at radius 1 is 1.29 bits per heavy atom. The highest BCUT2D eigenvalue weighted by molar-refractivity contribution is 6.02. The van der Waals surface area contributed by atoms with E-state index < -0.39 is 11.9 Å². The number of carbonyl (C=O) groups is 1. The number of aliphatic hydroxyl groups excluding tert-OH is 1. The fourth-order valence-electron chi connectivity index (χ4n) is 2.80. The number of fused-ring (bicyclic) bond motifs is 1. The van der Waals surface area contributed by atoms with Crippen molar-refractivity contribution in [3.8, 4) is 0 Å². The van der Waals surface area contributed by atoms with Gasteiger partial charge in [0.15, 0.2) is 0 Å². The predicted molar refractivity (Wildman–Crippen MR) is 78.6 cm³/mol. The van der Waals surface area contributed by atoms with Gasteiger partial charge in [-0.25, -0.2) is 4.39 Å². The highest BCUT2D eigenvalue weighted by Crippen LogP contribution is 2.37. The van der Waals surface area contributed by atoms with Gasteiger partial charge in [0.1, 0.15) is 11.9 Å². The Hall–Kier alpha value is -2.20. The Morgan fingerprint density at radius 2 is 2.05 bits per heavy atom. The van der Waals surface area contributed by atoms with Gasteiger partial charge in [0.05, 0.1) is 5.92 Å². The number of carbonyl (C=O) groups excluding carboxylic acids is 1. The van der Waals surface area contributed by atoms with E-state index in [1.165, 1.54) is 6.07 Å². The van der Waals surface area contributed by atoms with Crippen LogP contribution in [0, 0.1) is 5.82 Å². The van der Waals surface area contributed by atoms with E-state index in [0.717, 1.165) is 11.3 Å². The molecule has 0 radical (unpaired) electrons. The molecule has 2 aromatic carbocycles. The van der Waals surface area contributed by atoms with Crippen LogP contribution in [0.25, 0.3) is 0 Å². The van der Waals surface area contributed by atoms with Gasteiger partial charge in [-0.05, 0) is 35.7 Å². The molecule has 3 rings (SSSR count). The number of hydrogen-bond acceptors (Lipinski definition) is 2. The molecule has 1 aliphatic heterocycles. The van der Waals surface area contributed by atoms with E-state index in [9.17, 15) is 14.3 Å². The van der Waals surface area contributed by atoms with E-state index in [4.69, 9.17) is 0 Å². The number of benzene rings is 2. The van der Waals surface area contributed by atoms with E-state index in [1.54, 1.807) is 36.4 Å². The molecule has 3 nitrogen and oxygen atoms in total. The molecule has 4 heteroatoms. The quantitative estimate of drug-likeness (QED) is 0.908. The first-order valence-corrected chi connectivity index (χ1v) is 6.99. The van der Waals surface area contributed by atoms with E-state index in [1.807, 2.05) is 6.92 Å². The minimum atomic E-state index is -1.04. The zero-order valence-electron chi connectivity index (χ0n) is 11.6. The molecular weight excluding hydrogens is 269 g/mol. The Balaban J connectivity index is 2.00. The lowest BCUT2D eigenvalue weighted by Gasteiger charge is -2.14. The van der Waals surface area contributed by atoms with Gasteiger partial charge in [-0.1, -0.05) is 31.2 Å². The molecular formula is C17H16FNO2. The molecule has 0 saturated carbocycles. The largest absolute Gasteiger partial charge is 0.384 e. The lowest BCUT2D eigenvalue weighted by molar-refractivity contribution is -0.117. The van der Waals surface area contributed by atoms with Gasteiger partial charge >= 0.3 is 0 Å². The van der Waals surface area contributed by atoms with Crippen molar-refractivity contribution in [1.29, 1.82) is 0 Å². The minimum Gasteiger partial charge on any atom is -0.384 e. The molecule has 1 aliphatic rings. The first-order valence-electron chi connectivity index (χ1n) is 6.99. The van der Waals surface area contributed by atoms with Gasteiger partial charge in [-0.15, -0.1) is 0 Å². The monoisotopic (exact) mass is 285 g/mol. The average molecular weight is 285 g/mol. The zero-order chi connectivity index (χ0) is 15.0. The molecule has 108 valence electrons. The van der Waals surface area contributed by atoms with Crippen molar-refractivity contribution in [2.45, 2.75) is 25.4 Å². The molecule has 2 atom stereocenters. The molecule has 0 spiro atoms. The summed E-state index contributed by atoms with van der Waals surface area (Å²) in [5.74, 6) is -0.662. The molecule has 2 N–H and O–H groups in total. The van der Waals surface area contributed by atoms with Crippen LogP contribution in [-0.2, 0) is 4.79 Å². The van der Waals surface area contributed by atoms with Crippen LogP contribution in [-0.4, -0.2) is 11.0 Å².